The van der Waals surface area contributed by atoms with Crippen LogP contribution in [0.15, 0.2) is 48.5 Å². The molecule has 0 heterocycles. The van der Waals surface area contributed by atoms with Gasteiger partial charge in [-0.3, -0.25) is 9.59 Å². The first kappa shape index (κ1) is 24.0. The van der Waals surface area contributed by atoms with Gasteiger partial charge in [0.25, 0.3) is 0 Å². The van der Waals surface area contributed by atoms with Crippen molar-refractivity contribution in [2.24, 2.45) is 0 Å². The standard InChI is InChI=1S/C25H34N2O2S/c1-5-12-26-25(29)21(4)27(13-11-22-9-7-6-8-10-22)24(28)18-30-17-23-15-19(2)14-20(3)16-23/h6-10,14-16,21H,5,11-13,17-18H2,1-4H3,(H,26,29). The molecule has 1 unspecified atom stereocenters. The van der Waals surface area contributed by atoms with Crippen LogP contribution < -0.4 is 5.32 Å². The van der Waals surface area contributed by atoms with Gasteiger partial charge < -0.3 is 10.2 Å². The molecule has 4 nitrogen and oxygen atoms in total. The predicted octanol–water partition coefficient (Wildman–Crippen LogP) is 4.52. The molecule has 0 aliphatic heterocycles. The van der Waals surface area contributed by atoms with Crippen molar-refractivity contribution in [3.05, 3.63) is 70.8 Å². The number of nitrogens with zero attached hydrogens (tertiary/aromatic N) is 1. The number of carbonyl (C=O) groups excluding carboxylic acids is 2. The van der Waals surface area contributed by atoms with E-state index in [1.807, 2.05) is 32.0 Å². The van der Waals surface area contributed by atoms with Gasteiger partial charge in [-0.1, -0.05) is 66.6 Å². The highest BCUT2D eigenvalue weighted by molar-refractivity contribution is 7.99. The molecule has 2 aromatic rings. The van der Waals surface area contributed by atoms with Crippen molar-refractivity contribution in [2.75, 3.05) is 18.8 Å². The van der Waals surface area contributed by atoms with Crippen LogP contribution in [0.2, 0.25) is 0 Å². The predicted molar refractivity (Wildman–Crippen MR) is 127 cm³/mol. The Labute approximate surface area is 185 Å². The average Bonchev–Trinajstić information content (AvgIpc) is 2.72. The van der Waals surface area contributed by atoms with Gasteiger partial charge in [0.2, 0.25) is 11.8 Å². The summed E-state index contributed by atoms with van der Waals surface area (Å²) < 4.78 is 0. The third kappa shape index (κ3) is 7.86. The minimum absolute atomic E-state index is 0.0134. The lowest BCUT2D eigenvalue weighted by atomic mass is 10.1. The van der Waals surface area contributed by atoms with E-state index < -0.39 is 6.04 Å². The SMILES string of the molecule is CCCNC(=O)C(C)N(CCc1ccccc1)C(=O)CSCc1cc(C)cc(C)c1. The Morgan fingerprint density at radius 1 is 1.03 bits per heavy atom. The maximum Gasteiger partial charge on any atom is 0.242 e. The van der Waals surface area contributed by atoms with E-state index in [1.54, 1.807) is 16.7 Å². The fraction of sp³-hybridized carbons (Fsp3) is 0.440. The van der Waals surface area contributed by atoms with Crippen LogP contribution in [0.4, 0.5) is 0 Å². The minimum Gasteiger partial charge on any atom is -0.354 e. The molecule has 0 aliphatic carbocycles. The Kier molecular flexibility index (Phi) is 9.95. The van der Waals surface area contributed by atoms with Crippen LogP contribution in [-0.2, 0) is 21.8 Å². The summed E-state index contributed by atoms with van der Waals surface area (Å²) in [7, 11) is 0. The molecule has 2 amide bonds. The molecule has 0 spiro atoms. The van der Waals surface area contributed by atoms with Crippen LogP contribution >= 0.6 is 11.8 Å². The summed E-state index contributed by atoms with van der Waals surface area (Å²) in [6.45, 7) is 9.19. The van der Waals surface area contributed by atoms with E-state index in [0.29, 0.717) is 18.8 Å². The smallest absolute Gasteiger partial charge is 0.242 e. The largest absolute Gasteiger partial charge is 0.354 e. The number of amides is 2. The number of carbonyl (C=O) groups is 2. The van der Waals surface area contributed by atoms with Crippen molar-refractivity contribution >= 4 is 23.6 Å². The lowest BCUT2D eigenvalue weighted by Crippen LogP contribution is -2.49. The van der Waals surface area contributed by atoms with Crippen molar-refractivity contribution < 1.29 is 9.59 Å². The summed E-state index contributed by atoms with van der Waals surface area (Å²) in [5.41, 5.74) is 4.87. The Morgan fingerprint density at radius 3 is 2.33 bits per heavy atom. The van der Waals surface area contributed by atoms with Gasteiger partial charge in [0, 0.05) is 18.8 Å². The summed E-state index contributed by atoms with van der Waals surface area (Å²) in [5.74, 6) is 1.08. The van der Waals surface area contributed by atoms with E-state index >= 15 is 0 Å². The zero-order valence-corrected chi connectivity index (χ0v) is 19.4. The second kappa shape index (κ2) is 12.4. The minimum atomic E-state index is -0.477. The monoisotopic (exact) mass is 426 g/mol. The van der Waals surface area contributed by atoms with Crippen LogP contribution in [0.5, 0.6) is 0 Å². The zero-order chi connectivity index (χ0) is 21.9. The maximum atomic E-state index is 13.0. The van der Waals surface area contributed by atoms with Gasteiger partial charge in [-0.2, -0.15) is 0 Å². The molecule has 0 saturated carbocycles. The molecule has 0 aromatic heterocycles. The number of thioether (sulfide) groups is 1. The third-order valence-electron chi connectivity index (χ3n) is 4.98. The van der Waals surface area contributed by atoms with Gasteiger partial charge >= 0.3 is 0 Å². The molecular formula is C25H34N2O2S. The van der Waals surface area contributed by atoms with Gasteiger partial charge in [0.05, 0.1) is 5.75 Å². The van der Waals surface area contributed by atoms with E-state index in [9.17, 15) is 9.59 Å². The Morgan fingerprint density at radius 2 is 1.70 bits per heavy atom. The second-order valence-electron chi connectivity index (χ2n) is 7.78. The lowest BCUT2D eigenvalue weighted by molar-refractivity contribution is -0.137. The highest BCUT2D eigenvalue weighted by Gasteiger charge is 2.25. The van der Waals surface area contributed by atoms with Gasteiger partial charge in [-0.15, -0.1) is 11.8 Å². The van der Waals surface area contributed by atoms with Crippen molar-refractivity contribution in [3.8, 4) is 0 Å². The van der Waals surface area contributed by atoms with Crippen LogP contribution in [0.25, 0.3) is 0 Å². The fourth-order valence-corrected chi connectivity index (χ4v) is 4.30. The number of aryl methyl sites for hydroxylation is 2. The van der Waals surface area contributed by atoms with Gasteiger partial charge in [-0.25, -0.2) is 0 Å². The molecular weight excluding hydrogens is 392 g/mol. The van der Waals surface area contributed by atoms with E-state index in [-0.39, 0.29) is 11.8 Å². The molecule has 1 atom stereocenters. The number of hydrogen-bond donors (Lipinski definition) is 1. The number of rotatable bonds is 11. The number of nitrogens with one attached hydrogen (secondary N) is 1. The highest BCUT2D eigenvalue weighted by Crippen LogP contribution is 2.17. The Bertz CT molecular complexity index is 803. The molecule has 0 saturated heterocycles. The first-order valence-corrected chi connectivity index (χ1v) is 11.8. The first-order chi connectivity index (χ1) is 14.4. The lowest BCUT2D eigenvalue weighted by Gasteiger charge is -2.28. The van der Waals surface area contributed by atoms with E-state index in [4.69, 9.17) is 0 Å². The summed E-state index contributed by atoms with van der Waals surface area (Å²) in [6.07, 6.45) is 1.61. The maximum absolute atomic E-state index is 13.0. The van der Waals surface area contributed by atoms with Gasteiger partial charge in [0.15, 0.2) is 0 Å². The van der Waals surface area contributed by atoms with Crippen LogP contribution in [0.1, 0.15) is 42.5 Å². The Hall–Kier alpha value is -2.27. The summed E-state index contributed by atoms with van der Waals surface area (Å²) in [4.78, 5) is 27.3. The molecule has 2 rings (SSSR count). The molecule has 30 heavy (non-hydrogen) atoms. The topological polar surface area (TPSA) is 49.4 Å². The molecule has 1 N–H and O–H groups in total. The highest BCUT2D eigenvalue weighted by atomic mass is 32.2. The van der Waals surface area contributed by atoms with Crippen molar-refractivity contribution in [1.82, 2.24) is 10.2 Å². The zero-order valence-electron chi connectivity index (χ0n) is 18.6. The van der Waals surface area contributed by atoms with Crippen molar-refractivity contribution in [3.63, 3.8) is 0 Å². The van der Waals surface area contributed by atoms with Crippen molar-refractivity contribution in [1.29, 1.82) is 0 Å². The van der Waals surface area contributed by atoms with E-state index in [2.05, 4.69) is 49.5 Å². The summed E-state index contributed by atoms with van der Waals surface area (Å²) >= 11 is 1.61. The molecule has 162 valence electrons. The van der Waals surface area contributed by atoms with E-state index in [0.717, 1.165) is 18.6 Å². The molecule has 0 radical (unpaired) electrons. The summed E-state index contributed by atoms with van der Waals surface area (Å²) in [6, 6.07) is 16.1. The quantitative estimate of drug-likeness (QED) is 0.575. The first-order valence-electron chi connectivity index (χ1n) is 10.7. The Balaban J connectivity index is 1.99. The number of hydrogen-bond acceptors (Lipinski definition) is 3. The van der Waals surface area contributed by atoms with E-state index in [1.165, 1.54) is 22.3 Å². The average molecular weight is 427 g/mol. The van der Waals surface area contributed by atoms with Crippen molar-refractivity contribution in [2.45, 2.75) is 52.3 Å². The number of benzene rings is 2. The van der Waals surface area contributed by atoms with Gasteiger partial charge in [-0.05, 0) is 44.7 Å². The normalized spacial score (nSPS) is 11.7. The van der Waals surface area contributed by atoms with Crippen LogP contribution in [0, 0.1) is 13.8 Å². The third-order valence-corrected chi connectivity index (χ3v) is 5.97. The van der Waals surface area contributed by atoms with Crippen LogP contribution in [-0.4, -0.2) is 41.6 Å². The van der Waals surface area contributed by atoms with Gasteiger partial charge in [0.1, 0.15) is 6.04 Å². The molecule has 5 heteroatoms. The molecule has 0 aliphatic rings. The molecule has 2 aromatic carbocycles. The molecule has 0 fully saturated rings. The van der Waals surface area contributed by atoms with Crippen LogP contribution in [0.3, 0.4) is 0 Å². The second-order valence-corrected chi connectivity index (χ2v) is 8.76. The molecule has 0 bridgehead atoms. The summed E-state index contributed by atoms with van der Waals surface area (Å²) in [5, 5.41) is 2.92. The fourth-order valence-electron chi connectivity index (χ4n) is 3.46.